The molecule has 0 aliphatic rings. The van der Waals surface area contributed by atoms with Gasteiger partial charge in [-0.1, -0.05) is 12.6 Å². The van der Waals surface area contributed by atoms with Gasteiger partial charge in [-0.3, -0.25) is 4.79 Å². The smallest absolute Gasteiger partial charge is 0.349 e. The van der Waals surface area contributed by atoms with Gasteiger partial charge in [-0.05, 0) is 19.1 Å². The van der Waals surface area contributed by atoms with Crippen molar-refractivity contribution in [3.05, 3.63) is 35.9 Å². The second kappa shape index (κ2) is 7.08. The molecule has 0 saturated carbocycles. The SMILES string of the molecule is C=C(C)C(=O)OCC(=O)Oc1c(C=O)cccc1OC. The van der Waals surface area contributed by atoms with Crippen LogP contribution in [0.1, 0.15) is 17.3 Å². The molecule has 1 aromatic rings. The summed E-state index contributed by atoms with van der Waals surface area (Å²) >= 11 is 0. The maximum absolute atomic E-state index is 11.6. The predicted octanol–water partition coefficient (Wildman–Crippen LogP) is 1.53. The van der Waals surface area contributed by atoms with Gasteiger partial charge < -0.3 is 14.2 Å². The Morgan fingerprint density at radius 3 is 2.60 bits per heavy atom. The molecule has 0 N–H and O–H groups in total. The summed E-state index contributed by atoms with van der Waals surface area (Å²) in [6.45, 7) is 4.25. The second-order valence-corrected chi connectivity index (χ2v) is 3.83. The van der Waals surface area contributed by atoms with Crippen molar-refractivity contribution >= 4 is 18.2 Å². The summed E-state index contributed by atoms with van der Waals surface area (Å²) in [6.07, 6.45) is 0.533. The minimum atomic E-state index is -0.827. The van der Waals surface area contributed by atoms with Crippen LogP contribution in [-0.2, 0) is 14.3 Å². The fraction of sp³-hybridized carbons (Fsp3) is 0.214. The average molecular weight is 278 g/mol. The Kier molecular flexibility index (Phi) is 5.46. The predicted molar refractivity (Wildman–Crippen MR) is 69.8 cm³/mol. The third-order valence-electron chi connectivity index (χ3n) is 2.24. The lowest BCUT2D eigenvalue weighted by atomic mass is 10.2. The molecule has 0 aromatic heterocycles. The molecule has 0 fully saturated rings. The van der Waals surface area contributed by atoms with Gasteiger partial charge in [0.05, 0.1) is 12.7 Å². The van der Waals surface area contributed by atoms with Crippen LogP contribution in [-0.4, -0.2) is 31.9 Å². The molecule has 0 saturated heterocycles. The van der Waals surface area contributed by atoms with E-state index in [0.29, 0.717) is 6.29 Å². The number of carbonyl (C=O) groups excluding carboxylic acids is 3. The van der Waals surface area contributed by atoms with E-state index in [2.05, 4.69) is 11.3 Å². The molecular weight excluding hydrogens is 264 g/mol. The van der Waals surface area contributed by atoms with Crippen LogP contribution in [0.2, 0.25) is 0 Å². The summed E-state index contributed by atoms with van der Waals surface area (Å²) in [5, 5.41) is 0. The van der Waals surface area contributed by atoms with E-state index in [9.17, 15) is 14.4 Å². The number of carbonyl (C=O) groups is 3. The Balaban J connectivity index is 2.77. The largest absolute Gasteiger partial charge is 0.493 e. The van der Waals surface area contributed by atoms with Crippen molar-refractivity contribution in [2.45, 2.75) is 6.92 Å². The van der Waals surface area contributed by atoms with Crippen molar-refractivity contribution in [1.29, 1.82) is 0 Å². The van der Waals surface area contributed by atoms with E-state index in [-0.39, 0.29) is 22.6 Å². The summed E-state index contributed by atoms with van der Waals surface area (Å²) in [7, 11) is 1.38. The van der Waals surface area contributed by atoms with E-state index < -0.39 is 18.5 Å². The molecule has 0 heterocycles. The fourth-order valence-electron chi connectivity index (χ4n) is 1.29. The van der Waals surface area contributed by atoms with Crippen molar-refractivity contribution in [2.75, 3.05) is 13.7 Å². The van der Waals surface area contributed by atoms with Gasteiger partial charge in [0.2, 0.25) is 0 Å². The molecule has 0 bridgehead atoms. The number of ether oxygens (including phenoxy) is 3. The van der Waals surface area contributed by atoms with Crippen molar-refractivity contribution in [1.82, 2.24) is 0 Å². The third kappa shape index (κ3) is 3.94. The summed E-state index contributed by atoms with van der Waals surface area (Å²) in [6, 6.07) is 4.59. The van der Waals surface area contributed by atoms with Gasteiger partial charge in [0.15, 0.2) is 24.4 Å². The number of hydrogen-bond acceptors (Lipinski definition) is 6. The Bertz CT molecular complexity index is 547. The lowest BCUT2D eigenvalue weighted by Gasteiger charge is -2.11. The first-order chi connectivity index (χ1) is 9.49. The fourth-order valence-corrected chi connectivity index (χ4v) is 1.29. The van der Waals surface area contributed by atoms with Crippen LogP contribution >= 0.6 is 0 Å². The first kappa shape index (κ1) is 15.4. The van der Waals surface area contributed by atoms with Crippen LogP contribution < -0.4 is 9.47 Å². The highest BCUT2D eigenvalue weighted by Gasteiger charge is 2.16. The summed E-state index contributed by atoms with van der Waals surface area (Å²) in [4.78, 5) is 33.6. The van der Waals surface area contributed by atoms with Gasteiger partial charge in [-0.2, -0.15) is 0 Å². The topological polar surface area (TPSA) is 78.9 Å². The summed E-state index contributed by atoms with van der Waals surface area (Å²) < 4.78 is 14.6. The van der Waals surface area contributed by atoms with E-state index in [0.717, 1.165) is 0 Å². The van der Waals surface area contributed by atoms with Crippen LogP contribution in [0.15, 0.2) is 30.4 Å². The van der Waals surface area contributed by atoms with Gasteiger partial charge >= 0.3 is 11.9 Å². The molecule has 0 aliphatic carbocycles. The van der Waals surface area contributed by atoms with Crippen LogP contribution in [0.5, 0.6) is 11.5 Å². The highest BCUT2D eigenvalue weighted by molar-refractivity contribution is 5.89. The highest BCUT2D eigenvalue weighted by Crippen LogP contribution is 2.30. The third-order valence-corrected chi connectivity index (χ3v) is 2.24. The molecule has 6 heteroatoms. The lowest BCUT2D eigenvalue weighted by Crippen LogP contribution is -2.19. The number of para-hydroxylation sites is 1. The van der Waals surface area contributed by atoms with Crippen LogP contribution in [0, 0.1) is 0 Å². The molecule has 0 unspecified atom stereocenters. The van der Waals surface area contributed by atoms with Crippen molar-refractivity contribution in [3.63, 3.8) is 0 Å². The van der Waals surface area contributed by atoms with Gasteiger partial charge in [0.1, 0.15) is 0 Å². The second-order valence-electron chi connectivity index (χ2n) is 3.83. The molecule has 0 aliphatic heterocycles. The molecule has 6 nitrogen and oxygen atoms in total. The van der Waals surface area contributed by atoms with E-state index in [1.165, 1.54) is 26.2 Å². The molecule has 0 spiro atoms. The number of hydrogen-bond donors (Lipinski definition) is 0. The molecular formula is C14H14O6. The number of rotatable bonds is 6. The molecule has 0 atom stereocenters. The molecule has 0 amide bonds. The van der Waals surface area contributed by atoms with Gasteiger partial charge in [0, 0.05) is 5.57 Å². The first-order valence-corrected chi connectivity index (χ1v) is 5.65. The van der Waals surface area contributed by atoms with E-state index >= 15 is 0 Å². The maximum Gasteiger partial charge on any atom is 0.349 e. The zero-order valence-electron chi connectivity index (χ0n) is 11.2. The van der Waals surface area contributed by atoms with Gasteiger partial charge in [-0.15, -0.1) is 0 Å². The maximum atomic E-state index is 11.6. The highest BCUT2D eigenvalue weighted by atomic mass is 16.6. The van der Waals surface area contributed by atoms with Crippen molar-refractivity contribution in [2.24, 2.45) is 0 Å². The van der Waals surface area contributed by atoms with Crippen molar-refractivity contribution in [3.8, 4) is 11.5 Å². The van der Waals surface area contributed by atoms with E-state index in [1.807, 2.05) is 0 Å². The van der Waals surface area contributed by atoms with Crippen molar-refractivity contribution < 1.29 is 28.6 Å². The minimum absolute atomic E-state index is 0.0126. The molecule has 1 rings (SSSR count). The normalized spacial score (nSPS) is 9.50. The minimum Gasteiger partial charge on any atom is -0.493 e. The molecule has 0 radical (unpaired) electrons. The quantitative estimate of drug-likeness (QED) is 0.340. The summed E-state index contributed by atoms with van der Waals surface area (Å²) in [5.41, 5.74) is 0.326. The number of methoxy groups -OCH3 is 1. The van der Waals surface area contributed by atoms with Crippen LogP contribution in [0.4, 0.5) is 0 Å². The Morgan fingerprint density at radius 1 is 1.35 bits per heavy atom. The Morgan fingerprint density at radius 2 is 2.05 bits per heavy atom. The monoisotopic (exact) mass is 278 g/mol. The standard InChI is InChI=1S/C14H14O6/c1-9(2)14(17)19-8-12(16)20-13-10(7-15)5-4-6-11(13)18-3/h4-7H,1,8H2,2-3H3. The average Bonchev–Trinajstić information content (AvgIpc) is 2.44. The number of aldehydes is 1. The Hall–Kier alpha value is -2.63. The first-order valence-electron chi connectivity index (χ1n) is 5.65. The number of benzene rings is 1. The molecule has 106 valence electrons. The molecule has 1 aromatic carbocycles. The van der Waals surface area contributed by atoms with E-state index in [1.54, 1.807) is 6.07 Å². The number of esters is 2. The lowest BCUT2D eigenvalue weighted by molar-refractivity contribution is -0.150. The Labute approximate surface area is 115 Å². The van der Waals surface area contributed by atoms with Crippen LogP contribution in [0.25, 0.3) is 0 Å². The molecule has 20 heavy (non-hydrogen) atoms. The summed E-state index contributed by atoms with van der Waals surface area (Å²) in [5.74, 6) is -1.31. The van der Waals surface area contributed by atoms with E-state index in [4.69, 9.17) is 9.47 Å². The zero-order chi connectivity index (χ0) is 15.1. The van der Waals surface area contributed by atoms with Gasteiger partial charge in [0.25, 0.3) is 0 Å². The zero-order valence-corrected chi connectivity index (χ0v) is 11.2. The van der Waals surface area contributed by atoms with Gasteiger partial charge in [-0.25, -0.2) is 9.59 Å². The van der Waals surface area contributed by atoms with Crippen LogP contribution in [0.3, 0.4) is 0 Å².